The summed E-state index contributed by atoms with van der Waals surface area (Å²) in [6.07, 6.45) is 8.78. The Morgan fingerprint density at radius 1 is 1.28 bits per heavy atom. The first-order chi connectivity index (χ1) is 8.61. The van der Waals surface area contributed by atoms with Crippen LogP contribution in [0.1, 0.15) is 52.0 Å². The number of ketones is 1. The predicted octanol–water partition coefficient (Wildman–Crippen LogP) is 4.00. The molecule has 1 radical (unpaired) electrons. The summed E-state index contributed by atoms with van der Waals surface area (Å²) in [7, 11) is 0. The summed E-state index contributed by atoms with van der Waals surface area (Å²) in [4.78, 5) is 15.9. The van der Waals surface area contributed by atoms with Crippen LogP contribution >= 0.6 is 0 Å². The van der Waals surface area contributed by atoms with Gasteiger partial charge in [0, 0.05) is 24.7 Å². The van der Waals surface area contributed by atoms with Crippen molar-refractivity contribution in [3.63, 3.8) is 0 Å². The smallest absolute Gasteiger partial charge is 0.136 e. The highest BCUT2D eigenvalue weighted by molar-refractivity contribution is 5.82. The lowest BCUT2D eigenvalue weighted by Crippen LogP contribution is -2.15. The highest BCUT2D eigenvalue weighted by Crippen LogP contribution is 2.16. The summed E-state index contributed by atoms with van der Waals surface area (Å²) < 4.78 is 0. The summed E-state index contributed by atoms with van der Waals surface area (Å²) in [6.45, 7) is 6.07. The van der Waals surface area contributed by atoms with Crippen molar-refractivity contribution in [2.75, 3.05) is 0 Å². The molecule has 0 aliphatic heterocycles. The van der Waals surface area contributed by atoms with Gasteiger partial charge in [-0.15, -0.1) is 0 Å². The maximum atomic E-state index is 11.8. The number of nitrogens with zero attached hydrogens (tertiary/aromatic N) is 1. The normalized spacial score (nSPS) is 12.7. The summed E-state index contributed by atoms with van der Waals surface area (Å²) in [5.41, 5.74) is 1.29. The van der Waals surface area contributed by atoms with Gasteiger partial charge >= 0.3 is 0 Å². The van der Waals surface area contributed by atoms with Gasteiger partial charge in [-0.2, -0.15) is 0 Å². The standard InChI is InChI=1S/C16H24NO/c1-13(2)14(3)16(18)10-6-4-5-8-15-9-7-11-17-12-15/h7,9,11-12,14H,4-6,8,10H2,1-3H3. The molecule has 0 N–H and O–H groups in total. The number of carbonyl (C=O) groups is 1. The van der Waals surface area contributed by atoms with E-state index in [0.717, 1.165) is 32.1 Å². The summed E-state index contributed by atoms with van der Waals surface area (Å²) in [6, 6.07) is 4.08. The molecule has 2 heteroatoms. The number of Topliss-reactive ketones (excluding diaryl/α,β-unsaturated/α-hetero) is 1. The average Bonchev–Trinajstić information content (AvgIpc) is 2.38. The molecule has 0 saturated carbocycles. The molecule has 0 aliphatic carbocycles. The zero-order chi connectivity index (χ0) is 13.4. The monoisotopic (exact) mass is 246 g/mol. The largest absolute Gasteiger partial charge is 0.299 e. The summed E-state index contributed by atoms with van der Waals surface area (Å²) >= 11 is 0. The molecule has 0 saturated heterocycles. The third-order valence-corrected chi connectivity index (χ3v) is 3.46. The molecule has 1 atom stereocenters. The molecule has 0 fully saturated rings. The number of rotatable bonds is 8. The minimum atomic E-state index is 0.128. The Morgan fingerprint density at radius 2 is 2.06 bits per heavy atom. The number of pyridine rings is 1. The van der Waals surface area contributed by atoms with Gasteiger partial charge in [0.05, 0.1) is 0 Å². The number of hydrogen-bond donors (Lipinski definition) is 0. The topological polar surface area (TPSA) is 30.0 Å². The number of carbonyl (C=O) groups excluding carboxylic acids is 1. The van der Waals surface area contributed by atoms with Crippen molar-refractivity contribution in [2.45, 2.75) is 52.9 Å². The van der Waals surface area contributed by atoms with Crippen LogP contribution in [-0.4, -0.2) is 10.8 Å². The Kier molecular flexibility index (Phi) is 6.63. The van der Waals surface area contributed by atoms with Crippen molar-refractivity contribution >= 4 is 5.78 Å². The van der Waals surface area contributed by atoms with E-state index in [1.165, 1.54) is 11.5 Å². The maximum Gasteiger partial charge on any atom is 0.136 e. The Labute approximate surface area is 111 Å². The van der Waals surface area contributed by atoms with Crippen molar-refractivity contribution < 1.29 is 4.79 Å². The fourth-order valence-electron chi connectivity index (χ4n) is 1.89. The van der Waals surface area contributed by atoms with Crippen LogP contribution in [0.15, 0.2) is 24.5 Å². The average molecular weight is 246 g/mol. The van der Waals surface area contributed by atoms with Crippen molar-refractivity contribution in [1.82, 2.24) is 4.98 Å². The Bertz CT molecular complexity index is 345. The highest BCUT2D eigenvalue weighted by atomic mass is 16.1. The first kappa shape index (κ1) is 14.9. The van der Waals surface area contributed by atoms with Crippen LogP contribution in [0.2, 0.25) is 0 Å². The fraction of sp³-hybridized carbons (Fsp3) is 0.562. The van der Waals surface area contributed by atoms with Crippen LogP contribution in [-0.2, 0) is 11.2 Å². The van der Waals surface area contributed by atoms with E-state index in [1.54, 1.807) is 6.20 Å². The van der Waals surface area contributed by atoms with Gasteiger partial charge in [-0.05, 0) is 36.8 Å². The molecule has 1 unspecified atom stereocenters. The van der Waals surface area contributed by atoms with Gasteiger partial charge in [-0.25, -0.2) is 0 Å². The first-order valence-corrected chi connectivity index (χ1v) is 6.83. The van der Waals surface area contributed by atoms with Gasteiger partial charge in [0.2, 0.25) is 0 Å². The van der Waals surface area contributed by atoms with E-state index in [1.807, 2.05) is 33.0 Å². The van der Waals surface area contributed by atoms with Crippen molar-refractivity contribution in [1.29, 1.82) is 0 Å². The molecule has 18 heavy (non-hydrogen) atoms. The molecular weight excluding hydrogens is 222 g/mol. The van der Waals surface area contributed by atoms with E-state index in [4.69, 9.17) is 0 Å². The Balaban J connectivity index is 2.11. The van der Waals surface area contributed by atoms with Crippen LogP contribution in [0, 0.1) is 11.8 Å². The minimum absolute atomic E-state index is 0.128. The van der Waals surface area contributed by atoms with E-state index < -0.39 is 0 Å². The molecule has 0 spiro atoms. The van der Waals surface area contributed by atoms with Crippen LogP contribution in [0.4, 0.5) is 0 Å². The first-order valence-electron chi connectivity index (χ1n) is 6.83. The number of unbranched alkanes of at least 4 members (excludes halogenated alkanes) is 2. The quantitative estimate of drug-likeness (QED) is 0.649. The van der Waals surface area contributed by atoms with Crippen LogP contribution < -0.4 is 0 Å². The van der Waals surface area contributed by atoms with Gasteiger partial charge in [0.15, 0.2) is 0 Å². The van der Waals surface area contributed by atoms with Gasteiger partial charge in [0.1, 0.15) is 5.78 Å². The second-order valence-corrected chi connectivity index (χ2v) is 5.19. The molecule has 0 bridgehead atoms. The molecule has 2 nitrogen and oxygen atoms in total. The van der Waals surface area contributed by atoms with Crippen molar-refractivity contribution in [2.24, 2.45) is 5.92 Å². The van der Waals surface area contributed by atoms with Crippen LogP contribution in [0.25, 0.3) is 0 Å². The Hall–Kier alpha value is -1.18. The minimum Gasteiger partial charge on any atom is -0.299 e. The number of aryl methyl sites for hydroxylation is 1. The van der Waals surface area contributed by atoms with E-state index >= 15 is 0 Å². The van der Waals surface area contributed by atoms with Crippen molar-refractivity contribution in [3.8, 4) is 0 Å². The molecule has 1 aromatic rings. The third-order valence-electron chi connectivity index (χ3n) is 3.46. The lowest BCUT2D eigenvalue weighted by molar-refractivity contribution is -0.121. The number of aromatic nitrogens is 1. The molecule has 99 valence electrons. The third kappa shape index (κ3) is 5.44. The lowest BCUT2D eigenvalue weighted by atomic mass is 9.91. The molecule has 1 rings (SSSR count). The molecular formula is C16H24NO. The van der Waals surface area contributed by atoms with E-state index in [2.05, 4.69) is 11.1 Å². The number of hydrogen-bond acceptors (Lipinski definition) is 2. The molecule has 0 amide bonds. The van der Waals surface area contributed by atoms with Gasteiger partial charge in [-0.3, -0.25) is 9.78 Å². The van der Waals surface area contributed by atoms with Crippen LogP contribution in [0.3, 0.4) is 0 Å². The Morgan fingerprint density at radius 3 is 2.67 bits per heavy atom. The van der Waals surface area contributed by atoms with E-state index in [-0.39, 0.29) is 5.92 Å². The van der Waals surface area contributed by atoms with E-state index in [9.17, 15) is 4.79 Å². The zero-order valence-electron chi connectivity index (χ0n) is 11.8. The summed E-state index contributed by atoms with van der Waals surface area (Å²) in [5, 5.41) is 0. The van der Waals surface area contributed by atoms with Crippen LogP contribution in [0.5, 0.6) is 0 Å². The second kappa shape index (κ2) is 8.02. The lowest BCUT2D eigenvalue weighted by Gasteiger charge is -2.13. The zero-order valence-corrected chi connectivity index (χ0v) is 11.8. The van der Waals surface area contributed by atoms with E-state index in [0.29, 0.717) is 5.78 Å². The predicted molar refractivity (Wildman–Crippen MR) is 75.2 cm³/mol. The van der Waals surface area contributed by atoms with Crippen molar-refractivity contribution in [3.05, 3.63) is 36.0 Å². The highest BCUT2D eigenvalue weighted by Gasteiger charge is 2.15. The summed E-state index contributed by atoms with van der Waals surface area (Å²) in [5.74, 6) is 1.73. The maximum absolute atomic E-state index is 11.8. The fourth-order valence-corrected chi connectivity index (χ4v) is 1.89. The molecule has 0 aliphatic rings. The SMILES string of the molecule is C[C](C)C(C)C(=O)CCCCCc1cccnc1. The molecule has 0 aromatic carbocycles. The molecule has 1 aromatic heterocycles. The second-order valence-electron chi connectivity index (χ2n) is 5.19. The van der Waals surface area contributed by atoms with Gasteiger partial charge in [-0.1, -0.05) is 33.3 Å². The molecule has 1 heterocycles. The van der Waals surface area contributed by atoms with Gasteiger partial charge in [0.25, 0.3) is 0 Å². The van der Waals surface area contributed by atoms with Gasteiger partial charge < -0.3 is 0 Å².